The SMILES string of the molecule is O=C(N/N=C/c1cn(Cc2ccccc2)c2ccccc12)c1ccccc1Br. The molecule has 138 valence electrons. The summed E-state index contributed by atoms with van der Waals surface area (Å²) in [4.78, 5) is 12.3. The van der Waals surface area contributed by atoms with Crippen molar-refractivity contribution in [3.05, 3.63) is 106 Å². The van der Waals surface area contributed by atoms with Crippen LogP contribution in [-0.2, 0) is 6.54 Å². The van der Waals surface area contributed by atoms with E-state index in [-0.39, 0.29) is 5.91 Å². The standard InChI is InChI=1S/C23H18BrN3O/c24-21-12-6-4-11-20(21)23(28)26-25-14-18-16-27(15-17-8-2-1-3-9-17)22-13-7-5-10-19(18)22/h1-14,16H,15H2,(H,26,28)/b25-14+. The highest BCUT2D eigenvalue weighted by Gasteiger charge is 2.09. The van der Waals surface area contributed by atoms with Crippen molar-refractivity contribution in [1.82, 2.24) is 9.99 Å². The van der Waals surface area contributed by atoms with Crippen molar-refractivity contribution in [2.24, 2.45) is 5.10 Å². The molecule has 0 saturated heterocycles. The summed E-state index contributed by atoms with van der Waals surface area (Å²) in [5, 5.41) is 5.27. The molecule has 0 atom stereocenters. The van der Waals surface area contributed by atoms with Gasteiger partial charge in [-0.1, -0.05) is 60.7 Å². The molecule has 4 aromatic rings. The fraction of sp³-hybridized carbons (Fsp3) is 0.0435. The minimum absolute atomic E-state index is 0.253. The zero-order valence-corrected chi connectivity index (χ0v) is 16.6. The number of benzene rings is 3. The van der Waals surface area contributed by atoms with Gasteiger partial charge in [0.15, 0.2) is 0 Å². The predicted molar refractivity (Wildman–Crippen MR) is 117 cm³/mol. The molecular weight excluding hydrogens is 414 g/mol. The van der Waals surface area contributed by atoms with Crippen LogP contribution in [0.5, 0.6) is 0 Å². The molecule has 0 fully saturated rings. The third kappa shape index (κ3) is 3.89. The van der Waals surface area contributed by atoms with Gasteiger partial charge in [0.05, 0.1) is 11.8 Å². The maximum atomic E-state index is 12.3. The molecule has 0 spiro atoms. The third-order valence-corrected chi connectivity index (χ3v) is 5.19. The van der Waals surface area contributed by atoms with Crippen molar-refractivity contribution in [3.63, 3.8) is 0 Å². The molecule has 0 aliphatic rings. The predicted octanol–water partition coefficient (Wildman–Crippen LogP) is 5.22. The summed E-state index contributed by atoms with van der Waals surface area (Å²) in [7, 11) is 0. The minimum atomic E-state index is -0.253. The van der Waals surface area contributed by atoms with Crippen LogP contribution >= 0.6 is 15.9 Å². The molecule has 1 heterocycles. The van der Waals surface area contributed by atoms with Crippen LogP contribution in [0.15, 0.2) is 94.6 Å². The normalized spacial score (nSPS) is 11.2. The molecule has 0 radical (unpaired) electrons. The van der Waals surface area contributed by atoms with Crippen molar-refractivity contribution in [1.29, 1.82) is 0 Å². The first-order chi connectivity index (χ1) is 13.7. The number of amides is 1. The third-order valence-electron chi connectivity index (χ3n) is 4.50. The number of aromatic nitrogens is 1. The molecule has 0 saturated carbocycles. The number of carbonyl (C=O) groups excluding carboxylic acids is 1. The lowest BCUT2D eigenvalue weighted by Gasteiger charge is -2.05. The van der Waals surface area contributed by atoms with E-state index in [2.05, 4.69) is 61.5 Å². The number of nitrogens with zero attached hydrogens (tertiary/aromatic N) is 2. The largest absolute Gasteiger partial charge is 0.342 e. The van der Waals surface area contributed by atoms with Gasteiger partial charge in [-0.3, -0.25) is 4.79 Å². The van der Waals surface area contributed by atoms with Crippen molar-refractivity contribution < 1.29 is 4.79 Å². The van der Waals surface area contributed by atoms with E-state index in [1.807, 2.05) is 48.5 Å². The van der Waals surface area contributed by atoms with Crippen LogP contribution in [0.2, 0.25) is 0 Å². The van der Waals surface area contributed by atoms with Gasteiger partial charge in [-0.15, -0.1) is 0 Å². The van der Waals surface area contributed by atoms with Crippen LogP contribution in [0.4, 0.5) is 0 Å². The summed E-state index contributed by atoms with van der Waals surface area (Å²) in [6.45, 7) is 0.776. The maximum absolute atomic E-state index is 12.3. The monoisotopic (exact) mass is 431 g/mol. The molecule has 0 bridgehead atoms. The molecule has 1 amide bonds. The smallest absolute Gasteiger partial charge is 0.272 e. The average Bonchev–Trinajstić information content (AvgIpc) is 3.07. The van der Waals surface area contributed by atoms with E-state index < -0.39 is 0 Å². The highest BCUT2D eigenvalue weighted by atomic mass is 79.9. The van der Waals surface area contributed by atoms with Gasteiger partial charge >= 0.3 is 0 Å². The Labute approximate surface area is 171 Å². The molecule has 1 N–H and O–H groups in total. The molecule has 1 aromatic heterocycles. The molecule has 0 aliphatic carbocycles. The van der Waals surface area contributed by atoms with E-state index in [9.17, 15) is 4.79 Å². The lowest BCUT2D eigenvalue weighted by molar-refractivity contribution is 0.0954. The first-order valence-corrected chi connectivity index (χ1v) is 9.71. The van der Waals surface area contributed by atoms with Crippen LogP contribution < -0.4 is 5.43 Å². The minimum Gasteiger partial charge on any atom is -0.342 e. The number of nitrogens with one attached hydrogen (secondary N) is 1. The Balaban J connectivity index is 1.58. The zero-order chi connectivity index (χ0) is 19.3. The highest BCUT2D eigenvalue weighted by Crippen LogP contribution is 2.21. The van der Waals surface area contributed by atoms with E-state index in [1.165, 1.54) is 5.56 Å². The summed E-state index contributed by atoms with van der Waals surface area (Å²) < 4.78 is 2.93. The lowest BCUT2D eigenvalue weighted by atomic mass is 10.2. The summed E-state index contributed by atoms with van der Waals surface area (Å²) in [6.07, 6.45) is 3.75. The topological polar surface area (TPSA) is 46.4 Å². The zero-order valence-electron chi connectivity index (χ0n) is 15.0. The lowest BCUT2D eigenvalue weighted by Crippen LogP contribution is -2.18. The van der Waals surface area contributed by atoms with Crippen LogP contribution in [0.3, 0.4) is 0 Å². The summed E-state index contributed by atoms with van der Waals surface area (Å²) in [6, 6.07) is 25.8. The number of carbonyl (C=O) groups is 1. The molecule has 28 heavy (non-hydrogen) atoms. The van der Waals surface area contributed by atoms with E-state index in [4.69, 9.17) is 0 Å². The first kappa shape index (κ1) is 18.2. The van der Waals surface area contributed by atoms with Crippen molar-refractivity contribution in [2.75, 3.05) is 0 Å². The first-order valence-electron chi connectivity index (χ1n) is 8.92. The van der Waals surface area contributed by atoms with Crippen molar-refractivity contribution in [3.8, 4) is 0 Å². The summed E-state index contributed by atoms with van der Waals surface area (Å²) >= 11 is 3.39. The molecule has 4 nitrogen and oxygen atoms in total. The second-order valence-corrected chi connectivity index (χ2v) is 7.25. The Morgan fingerprint density at radius 1 is 0.964 bits per heavy atom. The second-order valence-electron chi connectivity index (χ2n) is 6.39. The van der Waals surface area contributed by atoms with Gasteiger partial charge in [0.25, 0.3) is 5.91 Å². The fourth-order valence-corrected chi connectivity index (χ4v) is 3.62. The van der Waals surface area contributed by atoms with E-state index in [0.717, 1.165) is 27.5 Å². The molecule has 5 heteroatoms. The fourth-order valence-electron chi connectivity index (χ4n) is 3.16. The summed E-state index contributed by atoms with van der Waals surface area (Å²) in [5.41, 5.74) is 6.47. The quantitative estimate of drug-likeness (QED) is 0.341. The summed E-state index contributed by atoms with van der Waals surface area (Å²) in [5.74, 6) is -0.253. The van der Waals surface area contributed by atoms with E-state index >= 15 is 0 Å². The Kier molecular flexibility index (Phi) is 5.35. The average molecular weight is 432 g/mol. The van der Waals surface area contributed by atoms with Crippen LogP contribution in [0.25, 0.3) is 10.9 Å². The van der Waals surface area contributed by atoms with Crippen LogP contribution in [0, 0.1) is 0 Å². The Bertz CT molecular complexity index is 1150. The molecule has 0 aliphatic heterocycles. The van der Waals surface area contributed by atoms with Gasteiger partial charge in [-0.2, -0.15) is 5.10 Å². The van der Waals surface area contributed by atoms with Crippen LogP contribution in [0.1, 0.15) is 21.5 Å². The number of hydrogen-bond acceptors (Lipinski definition) is 2. The molecule has 4 rings (SSSR count). The van der Waals surface area contributed by atoms with Crippen LogP contribution in [-0.4, -0.2) is 16.7 Å². The second kappa shape index (κ2) is 8.23. The van der Waals surface area contributed by atoms with Gasteiger partial charge in [-0.25, -0.2) is 5.43 Å². The van der Waals surface area contributed by atoms with Gasteiger partial charge in [-0.05, 0) is 39.7 Å². The molecular formula is C23H18BrN3O. The Morgan fingerprint density at radius 3 is 2.50 bits per heavy atom. The Hall–Kier alpha value is -3.18. The number of rotatable bonds is 5. The number of fused-ring (bicyclic) bond motifs is 1. The van der Waals surface area contributed by atoms with Gasteiger partial charge < -0.3 is 4.57 Å². The maximum Gasteiger partial charge on any atom is 0.272 e. The highest BCUT2D eigenvalue weighted by molar-refractivity contribution is 9.10. The van der Waals surface area contributed by atoms with E-state index in [1.54, 1.807) is 12.3 Å². The van der Waals surface area contributed by atoms with Gasteiger partial charge in [0.2, 0.25) is 0 Å². The number of para-hydroxylation sites is 1. The number of halogens is 1. The number of hydrogen-bond donors (Lipinski definition) is 1. The van der Waals surface area contributed by atoms with Gasteiger partial charge in [0, 0.05) is 33.7 Å². The number of hydrazone groups is 1. The van der Waals surface area contributed by atoms with Crippen molar-refractivity contribution in [2.45, 2.75) is 6.54 Å². The Morgan fingerprint density at radius 2 is 1.68 bits per heavy atom. The van der Waals surface area contributed by atoms with Crippen molar-refractivity contribution >= 4 is 39.0 Å². The molecule has 0 unspecified atom stereocenters. The van der Waals surface area contributed by atoms with E-state index in [0.29, 0.717) is 5.56 Å². The molecule has 3 aromatic carbocycles. The van der Waals surface area contributed by atoms with Gasteiger partial charge in [0.1, 0.15) is 0 Å².